The Bertz CT molecular complexity index is 117. The molecule has 12 heavy (non-hydrogen) atoms. The Morgan fingerprint density at radius 3 is 1.83 bits per heavy atom. The van der Waals surface area contributed by atoms with Gasteiger partial charge in [0.15, 0.2) is 0 Å². The molecule has 0 radical (unpaired) electrons. The van der Waals surface area contributed by atoms with Gasteiger partial charge in [-0.1, -0.05) is 6.42 Å². The lowest BCUT2D eigenvalue weighted by molar-refractivity contribution is 0.116. The number of nitrogens with zero attached hydrogens (tertiary/aromatic N) is 1. The molecule has 0 N–H and O–H groups in total. The first-order chi connectivity index (χ1) is 5.61. The van der Waals surface area contributed by atoms with Crippen molar-refractivity contribution in [2.24, 2.45) is 5.92 Å². The first-order valence-corrected chi connectivity index (χ1v) is 5.37. The smallest absolute Gasteiger partial charge is 0.00414 e. The fraction of sp³-hybridized carbons (Fsp3) is 1.00. The van der Waals surface area contributed by atoms with Crippen LogP contribution in [0.1, 0.15) is 47.0 Å². The lowest BCUT2D eigenvalue weighted by Crippen LogP contribution is -2.41. The van der Waals surface area contributed by atoms with Crippen molar-refractivity contribution >= 4 is 0 Å². The van der Waals surface area contributed by atoms with Gasteiger partial charge in [0.1, 0.15) is 0 Å². The summed E-state index contributed by atoms with van der Waals surface area (Å²) < 4.78 is 0. The molecule has 0 aliphatic heterocycles. The zero-order chi connectivity index (χ0) is 9.14. The maximum Gasteiger partial charge on any atom is 0.00414 e. The molecule has 1 saturated carbocycles. The Balaban J connectivity index is 2.31. The van der Waals surface area contributed by atoms with E-state index in [0.29, 0.717) is 12.1 Å². The molecule has 0 saturated heterocycles. The van der Waals surface area contributed by atoms with Gasteiger partial charge in [-0.25, -0.2) is 0 Å². The van der Waals surface area contributed by atoms with Crippen molar-refractivity contribution in [3.63, 3.8) is 0 Å². The highest BCUT2D eigenvalue weighted by molar-refractivity contribution is 4.77. The normalized spacial score (nSPS) is 19.2. The van der Waals surface area contributed by atoms with Gasteiger partial charge in [-0.05, 0) is 46.5 Å². The molecular weight excluding hydrogens is 146 g/mol. The molecule has 0 bridgehead atoms. The minimum absolute atomic E-state index is 0.714. The van der Waals surface area contributed by atoms with Crippen LogP contribution in [0.15, 0.2) is 0 Å². The van der Waals surface area contributed by atoms with E-state index in [4.69, 9.17) is 0 Å². The summed E-state index contributed by atoms with van der Waals surface area (Å²) in [7, 11) is 0. The van der Waals surface area contributed by atoms with Crippen molar-refractivity contribution in [2.75, 3.05) is 6.54 Å². The Kier molecular flexibility index (Phi) is 3.57. The molecule has 72 valence electrons. The molecule has 0 unspecified atom stereocenters. The number of hydrogen-bond donors (Lipinski definition) is 0. The highest BCUT2D eigenvalue weighted by atomic mass is 15.2. The van der Waals surface area contributed by atoms with E-state index < -0.39 is 0 Å². The second kappa shape index (κ2) is 4.27. The van der Waals surface area contributed by atoms with Crippen molar-refractivity contribution < 1.29 is 0 Å². The molecule has 0 aromatic carbocycles. The second-order valence-corrected chi connectivity index (χ2v) is 4.68. The van der Waals surface area contributed by atoms with Gasteiger partial charge >= 0.3 is 0 Å². The quantitative estimate of drug-likeness (QED) is 0.625. The van der Waals surface area contributed by atoms with Crippen LogP contribution in [0, 0.1) is 5.92 Å². The fourth-order valence-electron chi connectivity index (χ4n) is 1.99. The summed E-state index contributed by atoms with van der Waals surface area (Å²) in [5.41, 5.74) is 0. The predicted molar refractivity (Wildman–Crippen MR) is 54.3 cm³/mol. The van der Waals surface area contributed by atoms with Gasteiger partial charge in [0, 0.05) is 18.6 Å². The first kappa shape index (κ1) is 10.0. The minimum Gasteiger partial charge on any atom is -0.298 e. The number of rotatable bonds is 4. The third-order valence-corrected chi connectivity index (χ3v) is 3.02. The van der Waals surface area contributed by atoms with E-state index in [1.807, 2.05) is 0 Å². The van der Waals surface area contributed by atoms with Gasteiger partial charge < -0.3 is 0 Å². The Morgan fingerprint density at radius 1 is 1.08 bits per heavy atom. The zero-order valence-corrected chi connectivity index (χ0v) is 9.01. The summed E-state index contributed by atoms with van der Waals surface area (Å²) in [6.07, 6.45) is 4.40. The summed E-state index contributed by atoms with van der Waals surface area (Å²) in [5, 5.41) is 0. The van der Waals surface area contributed by atoms with Crippen LogP contribution in [0.2, 0.25) is 0 Å². The molecule has 1 rings (SSSR count). The van der Waals surface area contributed by atoms with Crippen molar-refractivity contribution in [1.29, 1.82) is 0 Å². The molecule has 0 spiro atoms. The SMILES string of the molecule is CC(C)N(CC1CCC1)C(C)C. The van der Waals surface area contributed by atoms with E-state index in [-0.39, 0.29) is 0 Å². The third-order valence-electron chi connectivity index (χ3n) is 3.02. The second-order valence-electron chi connectivity index (χ2n) is 4.68. The molecule has 1 nitrogen and oxygen atoms in total. The van der Waals surface area contributed by atoms with E-state index in [1.54, 1.807) is 0 Å². The predicted octanol–water partition coefficient (Wildman–Crippen LogP) is 2.91. The molecular formula is C11H23N. The van der Waals surface area contributed by atoms with Crippen molar-refractivity contribution in [3.8, 4) is 0 Å². The van der Waals surface area contributed by atoms with Crippen LogP contribution in [0.25, 0.3) is 0 Å². The fourth-order valence-corrected chi connectivity index (χ4v) is 1.99. The largest absolute Gasteiger partial charge is 0.298 e. The molecule has 1 aliphatic rings. The van der Waals surface area contributed by atoms with Gasteiger partial charge in [-0.3, -0.25) is 4.90 Å². The van der Waals surface area contributed by atoms with E-state index in [2.05, 4.69) is 32.6 Å². The molecule has 0 amide bonds. The van der Waals surface area contributed by atoms with Gasteiger partial charge in [0.05, 0.1) is 0 Å². The number of hydrogen-bond acceptors (Lipinski definition) is 1. The van der Waals surface area contributed by atoms with E-state index in [1.165, 1.54) is 25.8 Å². The third kappa shape index (κ3) is 2.48. The van der Waals surface area contributed by atoms with Crippen molar-refractivity contribution in [3.05, 3.63) is 0 Å². The molecule has 0 atom stereocenters. The van der Waals surface area contributed by atoms with E-state index in [9.17, 15) is 0 Å². The van der Waals surface area contributed by atoms with Crippen LogP contribution in [-0.2, 0) is 0 Å². The summed E-state index contributed by atoms with van der Waals surface area (Å²) >= 11 is 0. The van der Waals surface area contributed by atoms with Crippen molar-refractivity contribution in [2.45, 2.75) is 59.0 Å². The van der Waals surface area contributed by atoms with E-state index in [0.717, 1.165) is 5.92 Å². The van der Waals surface area contributed by atoms with Gasteiger partial charge in [-0.2, -0.15) is 0 Å². The van der Waals surface area contributed by atoms with Crippen LogP contribution in [0.3, 0.4) is 0 Å². The van der Waals surface area contributed by atoms with E-state index >= 15 is 0 Å². The Morgan fingerprint density at radius 2 is 1.58 bits per heavy atom. The topological polar surface area (TPSA) is 3.24 Å². The molecule has 1 aliphatic carbocycles. The average molecular weight is 169 g/mol. The van der Waals surface area contributed by atoms with Crippen LogP contribution in [0.5, 0.6) is 0 Å². The molecule has 1 heteroatoms. The molecule has 0 heterocycles. The van der Waals surface area contributed by atoms with Gasteiger partial charge in [0.2, 0.25) is 0 Å². The maximum absolute atomic E-state index is 2.61. The summed E-state index contributed by atoms with van der Waals surface area (Å²) in [5.74, 6) is 1.01. The lowest BCUT2D eigenvalue weighted by Gasteiger charge is -2.37. The minimum atomic E-state index is 0.714. The van der Waals surface area contributed by atoms with Crippen LogP contribution < -0.4 is 0 Å². The standard InChI is InChI=1S/C11H23N/c1-9(2)12(10(3)4)8-11-6-5-7-11/h9-11H,5-8H2,1-4H3. The first-order valence-electron chi connectivity index (χ1n) is 5.37. The Labute approximate surface area is 77.1 Å². The molecule has 0 aromatic heterocycles. The van der Waals surface area contributed by atoms with Crippen molar-refractivity contribution in [1.82, 2.24) is 4.90 Å². The lowest BCUT2D eigenvalue weighted by atomic mass is 9.84. The Hall–Kier alpha value is -0.0400. The molecule has 0 aromatic rings. The summed E-state index contributed by atoms with van der Waals surface area (Å²) in [6.45, 7) is 10.5. The van der Waals surface area contributed by atoms with Crippen LogP contribution in [0.4, 0.5) is 0 Å². The maximum atomic E-state index is 2.61. The molecule has 1 fully saturated rings. The van der Waals surface area contributed by atoms with Gasteiger partial charge in [-0.15, -0.1) is 0 Å². The summed E-state index contributed by atoms with van der Waals surface area (Å²) in [4.78, 5) is 2.61. The average Bonchev–Trinajstić information content (AvgIpc) is 1.82. The van der Waals surface area contributed by atoms with Gasteiger partial charge in [0.25, 0.3) is 0 Å². The zero-order valence-electron chi connectivity index (χ0n) is 9.01. The highest BCUT2D eigenvalue weighted by Gasteiger charge is 2.23. The van der Waals surface area contributed by atoms with Crippen LogP contribution >= 0.6 is 0 Å². The highest BCUT2D eigenvalue weighted by Crippen LogP contribution is 2.28. The van der Waals surface area contributed by atoms with Crippen LogP contribution in [-0.4, -0.2) is 23.5 Å². The monoisotopic (exact) mass is 169 g/mol. The summed E-state index contributed by atoms with van der Waals surface area (Å²) in [6, 6.07) is 1.43.